The summed E-state index contributed by atoms with van der Waals surface area (Å²) in [5, 5.41) is 6.44. The Bertz CT molecular complexity index is 872. The van der Waals surface area contributed by atoms with Crippen LogP contribution >= 0.6 is 24.0 Å². The number of hydrogen-bond acceptors (Lipinski definition) is 3. The summed E-state index contributed by atoms with van der Waals surface area (Å²) in [6.45, 7) is 5.68. The minimum atomic E-state index is -0.236. The Morgan fingerprint density at radius 1 is 0.931 bits per heavy atom. The van der Waals surface area contributed by atoms with Crippen molar-refractivity contribution < 1.29 is 9.59 Å². The molecule has 0 saturated carbocycles. The van der Waals surface area contributed by atoms with Crippen molar-refractivity contribution in [2.75, 3.05) is 26.7 Å². The van der Waals surface area contributed by atoms with Crippen molar-refractivity contribution in [3.05, 3.63) is 70.3 Å². The van der Waals surface area contributed by atoms with Gasteiger partial charge >= 0.3 is 0 Å². The number of halogens is 1. The van der Waals surface area contributed by atoms with Gasteiger partial charge in [-0.05, 0) is 38.0 Å². The van der Waals surface area contributed by atoms with Crippen LogP contribution in [0.3, 0.4) is 0 Å². The van der Waals surface area contributed by atoms with Crippen molar-refractivity contribution in [1.29, 1.82) is 0 Å². The first-order valence-electron chi connectivity index (χ1n) is 9.46. The molecule has 2 N–H and O–H groups in total. The second kappa shape index (κ2) is 10.4. The number of rotatable bonds is 6. The highest BCUT2D eigenvalue weighted by atomic mass is 127. The first-order valence-corrected chi connectivity index (χ1v) is 9.46. The molecule has 29 heavy (non-hydrogen) atoms. The zero-order valence-corrected chi connectivity index (χ0v) is 19.3. The highest BCUT2D eigenvalue weighted by Gasteiger charge is 2.34. The summed E-state index contributed by atoms with van der Waals surface area (Å²) in [7, 11) is 1.70. The third kappa shape index (κ3) is 5.56. The Kier molecular flexibility index (Phi) is 8.19. The summed E-state index contributed by atoms with van der Waals surface area (Å²) < 4.78 is 0. The minimum Gasteiger partial charge on any atom is -0.356 e. The molecule has 0 fully saturated rings. The van der Waals surface area contributed by atoms with Crippen LogP contribution in [0.4, 0.5) is 0 Å². The van der Waals surface area contributed by atoms with Gasteiger partial charge in [0.05, 0.1) is 11.1 Å². The van der Waals surface area contributed by atoms with E-state index in [0.29, 0.717) is 30.2 Å². The normalized spacial score (nSPS) is 13.2. The average molecular weight is 506 g/mol. The molecular weight excluding hydrogens is 479 g/mol. The van der Waals surface area contributed by atoms with Gasteiger partial charge in [0.2, 0.25) is 0 Å². The van der Waals surface area contributed by atoms with E-state index in [1.54, 1.807) is 31.3 Å². The van der Waals surface area contributed by atoms with E-state index in [0.717, 1.165) is 13.0 Å². The van der Waals surface area contributed by atoms with Gasteiger partial charge in [0.25, 0.3) is 11.8 Å². The van der Waals surface area contributed by atoms with Gasteiger partial charge in [-0.15, -0.1) is 24.0 Å². The van der Waals surface area contributed by atoms with Crippen molar-refractivity contribution in [2.45, 2.75) is 20.3 Å². The molecule has 7 heteroatoms. The molecule has 1 aliphatic heterocycles. The Morgan fingerprint density at radius 2 is 1.48 bits per heavy atom. The summed E-state index contributed by atoms with van der Waals surface area (Å²) in [6.07, 6.45) is 0.891. The smallest absolute Gasteiger partial charge is 0.261 e. The third-order valence-corrected chi connectivity index (χ3v) is 4.72. The lowest BCUT2D eigenvalue weighted by Crippen LogP contribution is -2.43. The lowest BCUT2D eigenvalue weighted by molar-refractivity contribution is 0.0657. The van der Waals surface area contributed by atoms with Crippen molar-refractivity contribution >= 4 is 41.8 Å². The topological polar surface area (TPSA) is 73.8 Å². The molecule has 0 unspecified atom stereocenters. The predicted octanol–water partition coefficient (Wildman–Crippen LogP) is 2.93. The molecule has 1 aliphatic rings. The monoisotopic (exact) mass is 506 g/mol. The molecule has 154 valence electrons. The van der Waals surface area contributed by atoms with E-state index in [9.17, 15) is 9.59 Å². The van der Waals surface area contributed by atoms with Crippen LogP contribution in [0.25, 0.3) is 0 Å². The second-order valence-corrected chi connectivity index (χ2v) is 6.98. The van der Waals surface area contributed by atoms with Crippen LogP contribution in [0.5, 0.6) is 0 Å². The van der Waals surface area contributed by atoms with E-state index in [4.69, 9.17) is 0 Å². The highest BCUT2D eigenvalue weighted by Crippen LogP contribution is 2.21. The number of hydrogen-bond donors (Lipinski definition) is 2. The Balaban J connectivity index is 0.00000300. The number of guanidine groups is 1. The molecule has 2 aromatic rings. The molecule has 0 radical (unpaired) electrons. The maximum atomic E-state index is 12.4. The zero-order chi connectivity index (χ0) is 20.1. The van der Waals surface area contributed by atoms with E-state index in [1.807, 2.05) is 0 Å². The van der Waals surface area contributed by atoms with Gasteiger partial charge in [-0.25, -0.2) is 0 Å². The van der Waals surface area contributed by atoms with Crippen LogP contribution in [-0.2, 0) is 6.42 Å². The Hall–Kier alpha value is -2.42. The van der Waals surface area contributed by atoms with Gasteiger partial charge in [0.1, 0.15) is 0 Å². The number of carbonyl (C=O) groups is 2. The van der Waals surface area contributed by atoms with E-state index < -0.39 is 0 Å². The van der Waals surface area contributed by atoms with Crippen LogP contribution in [0, 0.1) is 13.8 Å². The van der Waals surface area contributed by atoms with Gasteiger partial charge in [-0.3, -0.25) is 19.5 Å². The van der Waals surface area contributed by atoms with E-state index >= 15 is 0 Å². The molecule has 0 aromatic heterocycles. The number of fused-ring (bicyclic) bond motifs is 1. The van der Waals surface area contributed by atoms with Crippen LogP contribution in [0.1, 0.15) is 37.4 Å². The van der Waals surface area contributed by atoms with Crippen molar-refractivity contribution in [3.63, 3.8) is 0 Å². The summed E-state index contributed by atoms with van der Waals surface area (Å²) in [5.74, 6) is 0.182. The number of aryl methyl sites for hydroxylation is 2. The molecule has 2 amide bonds. The van der Waals surface area contributed by atoms with E-state index in [2.05, 4.69) is 47.7 Å². The van der Waals surface area contributed by atoms with Crippen molar-refractivity contribution in [3.8, 4) is 0 Å². The van der Waals surface area contributed by atoms with Crippen LogP contribution in [0.15, 0.2) is 47.5 Å². The van der Waals surface area contributed by atoms with E-state index in [-0.39, 0.29) is 35.8 Å². The summed E-state index contributed by atoms with van der Waals surface area (Å²) in [4.78, 5) is 30.2. The average Bonchev–Trinajstić information content (AvgIpc) is 2.91. The molecule has 1 heterocycles. The van der Waals surface area contributed by atoms with Gasteiger partial charge in [-0.1, -0.05) is 41.5 Å². The number of imide groups is 1. The molecule has 2 aromatic carbocycles. The molecule has 0 atom stereocenters. The first-order chi connectivity index (χ1) is 13.5. The molecule has 0 spiro atoms. The number of nitrogens with one attached hydrogen (secondary N) is 2. The minimum absolute atomic E-state index is 0. The maximum Gasteiger partial charge on any atom is 0.261 e. The fraction of sp³-hybridized carbons (Fsp3) is 0.318. The maximum absolute atomic E-state index is 12.4. The number of aliphatic imine (C=N–C) groups is 1. The SMILES string of the molecule is CN=C(NCCc1cc(C)cc(C)c1)NCCN1C(=O)c2ccccc2C1=O.I. The predicted molar refractivity (Wildman–Crippen MR) is 126 cm³/mol. The van der Waals surface area contributed by atoms with Gasteiger partial charge in [0.15, 0.2) is 5.96 Å². The van der Waals surface area contributed by atoms with Gasteiger partial charge in [0, 0.05) is 26.7 Å². The quantitative estimate of drug-likeness (QED) is 0.274. The molecule has 3 rings (SSSR count). The highest BCUT2D eigenvalue weighted by molar-refractivity contribution is 14.0. The number of nitrogens with zero attached hydrogens (tertiary/aromatic N) is 2. The lowest BCUT2D eigenvalue weighted by Gasteiger charge is -2.16. The van der Waals surface area contributed by atoms with Crippen molar-refractivity contribution in [2.24, 2.45) is 4.99 Å². The largest absolute Gasteiger partial charge is 0.356 e. The summed E-state index contributed by atoms with van der Waals surface area (Å²) in [6, 6.07) is 13.5. The second-order valence-electron chi connectivity index (χ2n) is 6.98. The first kappa shape index (κ1) is 22.9. The summed E-state index contributed by atoms with van der Waals surface area (Å²) in [5.41, 5.74) is 4.76. The zero-order valence-electron chi connectivity index (χ0n) is 17.0. The molecular formula is C22H27IN4O2. The number of amides is 2. The van der Waals surface area contributed by atoms with Crippen LogP contribution in [-0.4, -0.2) is 49.4 Å². The number of benzene rings is 2. The molecule has 6 nitrogen and oxygen atoms in total. The van der Waals surface area contributed by atoms with Crippen LogP contribution < -0.4 is 10.6 Å². The fourth-order valence-corrected chi connectivity index (χ4v) is 3.49. The molecule has 0 bridgehead atoms. The molecule has 0 saturated heterocycles. The molecule has 0 aliphatic carbocycles. The Morgan fingerprint density at radius 3 is 2.03 bits per heavy atom. The van der Waals surface area contributed by atoms with Gasteiger partial charge in [-0.2, -0.15) is 0 Å². The standard InChI is InChI=1S/C22H26N4O2.HI/c1-15-12-16(2)14-17(13-15)8-9-24-22(23-3)25-10-11-26-20(27)18-6-4-5-7-19(18)21(26)28;/h4-7,12-14H,8-11H2,1-3H3,(H2,23,24,25);1H. The van der Waals surface area contributed by atoms with Crippen LogP contribution in [0.2, 0.25) is 0 Å². The van der Waals surface area contributed by atoms with E-state index in [1.165, 1.54) is 21.6 Å². The third-order valence-electron chi connectivity index (χ3n) is 4.72. The lowest BCUT2D eigenvalue weighted by atomic mass is 10.1. The Labute approximate surface area is 188 Å². The summed E-state index contributed by atoms with van der Waals surface area (Å²) >= 11 is 0. The van der Waals surface area contributed by atoms with Crippen molar-refractivity contribution in [1.82, 2.24) is 15.5 Å². The number of carbonyl (C=O) groups excluding carboxylic acids is 2. The van der Waals surface area contributed by atoms with Gasteiger partial charge < -0.3 is 10.6 Å². The fourth-order valence-electron chi connectivity index (χ4n) is 3.49.